The van der Waals surface area contributed by atoms with Gasteiger partial charge in [0.15, 0.2) is 0 Å². The second-order valence-corrected chi connectivity index (χ2v) is 4.47. The van der Waals surface area contributed by atoms with Crippen molar-refractivity contribution in [3.8, 4) is 0 Å². The molecule has 1 heterocycles. The van der Waals surface area contributed by atoms with Gasteiger partial charge >= 0.3 is 0 Å². The molecular formula is C14H18N4. The Morgan fingerprint density at radius 3 is 2.61 bits per heavy atom. The number of aromatic amines is 1. The number of rotatable bonds is 2. The van der Waals surface area contributed by atoms with Crippen LogP contribution >= 0.6 is 0 Å². The molecule has 0 unspecified atom stereocenters. The van der Waals surface area contributed by atoms with Gasteiger partial charge in [0.2, 0.25) is 0 Å². The minimum absolute atomic E-state index is 0.257. The fraction of sp³-hybridized carbons (Fsp3) is 0.143. The monoisotopic (exact) mass is 242 g/mol. The van der Waals surface area contributed by atoms with Crippen molar-refractivity contribution < 1.29 is 0 Å². The summed E-state index contributed by atoms with van der Waals surface area (Å²) in [5, 5.41) is 1.21. The number of fused-ring (bicyclic) bond motifs is 1. The lowest BCUT2D eigenvalue weighted by molar-refractivity contribution is 1.23. The van der Waals surface area contributed by atoms with E-state index in [1.54, 1.807) is 6.08 Å². The molecule has 7 N–H and O–H groups in total. The van der Waals surface area contributed by atoms with Gasteiger partial charge in [-0.1, -0.05) is 12.1 Å². The number of H-pyrrole nitrogens is 1. The van der Waals surface area contributed by atoms with Crippen LogP contribution in [0.5, 0.6) is 0 Å². The summed E-state index contributed by atoms with van der Waals surface area (Å²) in [6.07, 6.45) is 3.65. The predicted octanol–water partition coefficient (Wildman–Crippen LogP) is 1.92. The Labute approximate surface area is 106 Å². The van der Waals surface area contributed by atoms with Crippen molar-refractivity contribution in [1.82, 2.24) is 4.98 Å². The Balaban J connectivity index is 2.51. The van der Waals surface area contributed by atoms with Gasteiger partial charge in [-0.05, 0) is 42.7 Å². The molecule has 2 rings (SSSR count). The van der Waals surface area contributed by atoms with Crippen molar-refractivity contribution in [2.75, 3.05) is 0 Å². The standard InChI is InChI=1S/C14H18N4/c1-8(5-13(15)16)14(17)10-3-4-11-9(2)7-18-12(11)6-10/h3-7,18H,15-17H2,1-2H3/b14-8-. The SMILES string of the molecule is C/C(C=C(N)N)=C(/N)c1ccc2c(C)c[nH]c2c1. The maximum atomic E-state index is 6.09. The lowest BCUT2D eigenvalue weighted by Gasteiger charge is -2.06. The smallest absolute Gasteiger partial charge is 0.0936 e. The Kier molecular flexibility index (Phi) is 3.02. The van der Waals surface area contributed by atoms with Crippen LogP contribution in [0.4, 0.5) is 0 Å². The van der Waals surface area contributed by atoms with Gasteiger partial charge < -0.3 is 22.2 Å². The van der Waals surface area contributed by atoms with Gasteiger partial charge in [0.25, 0.3) is 0 Å². The van der Waals surface area contributed by atoms with Crippen LogP contribution in [0.1, 0.15) is 18.1 Å². The maximum Gasteiger partial charge on any atom is 0.0936 e. The maximum absolute atomic E-state index is 6.09. The highest BCUT2D eigenvalue weighted by Crippen LogP contribution is 2.22. The summed E-state index contributed by atoms with van der Waals surface area (Å²) < 4.78 is 0. The summed E-state index contributed by atoms with van der Waals surface area (Å²) in [5.74, 6) is 0.257. The van der Waals surface area contributed by atoms with Crippen molar-refractivity contribution in [1.29, 1.82) is 0 Å². The van der Waals surface area contributed by atoms with E-state index in [4.69, 9.17) is 17.2 Å². The van der Waals surface area contributed by atoms with Crippen LogP contribution in [0.2, 0.25) is 0 Å². The quantitative estimate of drug-likeness (QED) is 0.606. The minimum Gasteiger partial charge on any atom is -0.398 e. The second kappa shape index (κ2) is 4.49. The lowest BCUT2D eigenvalue weighted by Crippen LogP contribution is -2.09. The van der Waals surface area contributed by atoms with E-state index in [1.807, 2.05) is 25.3 Å². The predicted molar refractivity (Wildman–Crippen MR) is 76.3 cm³/mol. The molecule has 0 aliphatic rings. The van der Waals surface area contributed by atoms with Gasteiger partial charge in [0.05, 0.1) is 5.82 Å². The van der Waals surface area contributed by atoms with Gasteiger partial charge in [-0.2, -0.15) is 0 Å². The van der Waals surface area contributed by atoms with Crippen LogP contribution in [0.25, 0.3) is 16.6 Å². The molecule has 4 nitrogen and oxygen atoms in total. The molecule has 0 radical (unpaired) electrons. The average molecular weight is 242 g/mol. The zero-order valence-electron chi connectivity index (χ0n) is 10.6. The summed E-state index contributed by atoms with van der Waals surface area (Å²) in [7, 11) is 0. The molecule has 0 saturated carbocycles. The zero-order chi connectivity index (χ0) is 13.3. The highest BCUT2D eigenvalue weighted by molar-refractivity contribution is 5.86. The first-order valence-electron chi connectivity index (χ1n) is 5.76. The molecule has 0 fully saturated rings. The topological polar surface area (TPSA) is 93.8 Å². The largest absolute Gasteiger partial charge is 0.398 e. The number of aromatic nitrogens is 1. The normalized spacial score (nSPS) is 12.3. The van der Waals surface area contributed by atoms with Crippen molar-refractivity contribution in [2.24, 2.45) is 17.2 Å². The molecular weight excluding hydrogens is 224 g/mol. The fourth-order valence-corrected chi connectivity index (χ4v) is 1.99. The summed E-state index contributed by atoms with van der Waals surface area (Å²) in [6.45, 7) is 3.96. The number of benzene rings is 1. The Hall–Kier alpha value is -2.36. The molecule has 0 aliphatic carbocycles. The minimum atomic E-state index is 0.257. The van der Waals surface area contributed by atoms with Crippen LogP contribution < -0.4 is 17.2 Å². The molecule has 1 aromatic heterocycles. The third kappa shape index (κ3) is 2.18. The van der Waals surface area contributed by atoms with E-state index >= 15 is 0 Å². The highest BCUT2D eigenvalue weighted by atomic mass is 14.8. The Bertz CT molecular complexity index is 643. The van der Waals surface area contributed by atoms with Crippen molar-refractivity contribution >= 4 is 16.6 Å². The molecule has 0 amide bonds. The third-order valence-corrected chi connectivity index (χ3v) is 3.01. The average Bonchev–Trinajstić information content (AvgIpc) is 2.69. The van der Waals surface area contributed by atoms with Gasteiger partial charge in [-0.15, -0.1) is 0 Å². The number of allylic oxidation sites excluding steroid dienone is 2. The first-order chi connectivity index (χ1) is 8.49. The number of nitrogens with two attached hydrogens (primary N) is 3. The third-order valence-electron chi connectivity index (χ3n) is 3.01. The van der Waals surface area contributed by atoms with Crippen LogP contribution in [0.3, 0.4) is 0 Å². The molecule has 0 bridgehead atoms. The first kappa shape index (κ1) is 12.1. The van der Waals surface area contributed by atoms with Gasteiger partial charge in [-0.3, -0.25) is 0 Å². The van der Waals surface area contributed by atoms with Gasteiger partial charge in [-0.25, -0.2) is 0 Å². The first-order valence-corrected chi connectivity index (χ1v) is 5.76. The molecule has 18 heavy (non-hydrogen) atoms. The van der Waals surface area contributed by atoms with E-state index in [9.17, 15) is 0 Å². The second-order valence-electron chi connectivity index (χ2n) is 4.47. The number of hydrogen-bond donors (Lipinski definition) is 4. The summed E-state index contributed by atoms with van der Waals surface area (Å²) in [6, 6.07) is 6.09. The van der Waals surface area contributed by atoms with E-state index < -0.39 is 0 Å². The molecule has 0 aliphatic heterocycles. The molecule has 0 atom stereocenters. The summed E-state index contributed by atoms with van der Waals surface area (Å²) in [5.41, 5.74) is 21.8. The number of aryl methyl sites for hydroxylation is 1. The summed E-state index contributed by atoms with van der Waals surface area (Å²) in [4.78, 5) is 3.22. The van der Waals surface area contributed by atoms with Crippen LogP contribution in [-0.2, 0) is 0 Å². The van der Waals surface area contributed by atoms with Crippen LogP contribution in [0.15, 0.2) is 41.9 Å². The summed E-state index contributed by atoms with van der Waals surface area (Å²) >= 11 is 0. The van der Waals surface area contributed by atoms with Crippen molar-refractivity contribution in [2.45, 2.75) is 13.8 Å². The van der Waals surface area contributed by atoms with Crippen molar-refractivity contribution in [3.63, 3.8) is 0 Å². The van der Waals surface area contributed by atoms with Gasteiger partial charge in [0, 0.05) is 22.8 Å². The number of hydrogen-bond acceptors (Lipinski definition) is 3. The zero-order valence-corrected chi connectivity index (χ0v) is 10.6. The molecule has 2 aromatic rings. The molecule has 0 spiro atoms. The van der Waals surface area contributed by atoms with E-state index in [0.717, 1.165) is 16.7 Å². The van der Waals surface area contributed by atoms with Crippen molar-refractivity contribution in [3.05, 3.63) is 53.0 Å². The van der Waals surface area contributed by atoms with Crippen LogP contribution in [0, 0.1) is 6.92 Å². The van der Waals surface area contributed by atoms with E-state index in [1.165, 1.54) is 10.9 Å². The van der Waals surface area contributed by atoms with Crippen LogP contribution in [-0.4, -0.2) is 4.98 Å². The molecule has 1 aromatic carbocycles. The lowest BCUT2D eigenvalue weighted by atomic mass is 10.1. The van der Waals surface area contributed by atoms with Gasteiger partial charge in [0.1, 0.15) is 0 Å². The number of nitrogens with one attached hydrogen (secondary N) is 1. The molecule has 0 saturated heterocycles. The van der Waals surface area contributed by atoms with E-state index in [0.29, 0.717) is 5.70 Å². The fourth-order valence-electron chi connectivity index (χ4n) is 1.99. The highest BCUT2D eigenvalue weighted by Gasteiger charge is 2.04. The molecule has 94 valence electrons. The van der Waals surface area contributed by atoms with E-state index in [2.05, 4.69) is 18.0 Å². The van der Waals surface area contributed by atoms with E-state index in [-0.39, 0.29) is 5.82 Å². The molecule has 4 heteroatoms. The Morgan fingerprint density at radius 2 is 1.94 bits per heavy atom. The Morgan fingerprint density at radius 1 is 1.22 bits per heavy atom.